The fourth-order valence-corrected chi connectivity index (χ4v) is 2.08. The van der Waals surface area contributed by atoms with Crippen LogP contribution in [0.3, 0.4) is 0 Å². The van der Waals surface area contributed by atoms with Crippen molar-refractivity contribution < 1.29 is 9.90 Å². The molecule has 0 aromatic heterocycles. The molecule has 3 nitrogen and oxygen atoms in total. The Morgan fingerprint density at radius 1 is 1.47 bits per heavy atom. The third-order valence-corrected chi connectivity index (χ3v) is 3.49. The minimum absolute atomic E-state index is 0.0869. The van der Waals surface area contributed by atoms with E-state index in [0.29, 0.717) is 6.54 Å². The molecule has 1 amide bonds. The van der Waals surface area contributed by atoms with Gasteiger partial charge in [0.1, 0.15) is 0 Å². The van der Waals surface area contributed by atoms with Crippen LogP contribution in [-0.2, 0) is 4.79 Å². The first-order valence-electron chi connectivity index (χ1n) is 6.20. The van der Waals surface area contributed by atoms with Crippen LogP contribution >= 0.6 is 0 Å². The number of hydrogen-bond donors (Lipinski definition) is 2. The van der Waals surface area contributed by atoms with Crippen LogP contribution in [-0.4, -0.2) is 17.6 Å². The van der Waals surface area contributed by atoms with Crippen molar-refractivity contribution in [2.75, 3.05) is 6.54 Å². The SMILES string of the molecule is Cc1ccccc1C(O)CNC(=O)C1CCC1. The number of benzene rings is 1. The van der Waals surface area contributed by atoms with E-state index in [9.17, 15) is 9.90 Å². The van der Waals surface area contributed by atoms with Crippen molar-refractivity contribution in [2.45, 2.75) is 32.3 Å². The van der Waals surface area contributed by atoms with Crippen molar-refractivity contribution in [1.29, 1.82) is 0 Å². The van der Waals surface area contributed by atoms with Crippen LogP contribution in [0.15, 0.2) is 24.3 Å². The lowest BCUT2D eigenvalue weighted by Gasteiger charge is -2.25. The average Bonchev–Trinajstić information content (AvgIpc) is 2.24. The Morgan fingerprint density at radius 2 is 2.18 bits per heavy atom. The van der Waals surface area contributed by atoms with Gasteiger partial charge < -0.3 is 10.4 Å². The van der Waals surface area contributed by atoms with Crippen molar-refractivity contribution in [3.8, 4) is 0 Å². The summed E-state index contributed by atoms with van der Waals surface area (Å²) >= 11 is 0. The zero-order valence-electron chi connectivity index (χ0n) is 10.1. The summed E-state index contributed by atoms with van der Waals surface area (Å²) < 4.78 is 0. The summed E-state index contributed by atoms with van der Waals surface area (Å²) in [6.45, 7) is 2.27. The minimum atomic E-state index is -0.611. The summed E-state index contributed by atoms with van der Waals surface area (Å²) in [6, 6.07) is 7.71. The third kappa shape index (κ3) is 2.86. The van der Waals surface area contributed by atoms with Crippen LogP contribution in [0.2, 0.25) is 0 Å². The number of nitrogens with one attached hydrogen (secondary N) is 1. The lowest BCUT2D eigenvalue weighted by atomic mass is 9.85. The van der Waals surface area contributed by atoms with Crippen molar-refractivity contribution in [2.24, 2.45) is 5.92 Å². The first-order chi connectivity index (χ1) is 8.18. The highest BCUT2D eigenvalue weighted by atomic mass is 16.3. The molecule has 0 heterocycles. The number of carbonyl (C=O) groups excluding carboxylic acids is 1. The maximum absolute atomic E-state index is 11.6. The van der Waals surface area contributed by atoms with Gasteiger partial charge in [0.25, 0.3) is 0 Å². The van der Waals surface area contributed by atoms with E-state index in [-0.39, 0.29) is 11.8 Å². The lowest BCUT2D eigenvalue weighted by molar-refractivity contribution is -0.127. The van der Waals surface area contributed by atoms with E-state index < -0.39 is 6.10 Å². The number of amides is 1. The van der Waals surface area contributed by atoms with Gasteiger partial charge in [-0.25, -0.2) is 0 Å². The first kappa shape index (κ1) is 12.1. The van der Waals surface area contributed by atoms with Crippen molar-refractivity contribution in [3.63, 3.8) is 0 Å². The van der Waals surface area contributed by atoms with Crippen molar-refractivity contribution in [3.05, 3.63) is 35.4 Å². The molecule has 1 aliphatic carbocycles. The number of rotatable bonds is 4. The maximum Gasteiger partial charge on any atom is 0.223 e. The summed E-state index contributed by atoms with van der Waals surface area (Å²) in [5.74, 6) is 0.267. The van der Waals surface area contributed by atoms with Gasteiger partial charge in [0.05, 0.1) is 6.10 Å². The molecule has 1 aromatic rings. The summed E-state index contributed by atoms with van der Waals surface area (Å²) in [5.41, 5.74) is 1.94. The monoisotopic (exact) mass is 233 g/mol. The number of aliphatic hydroxyl groups is 1. The second-order valence-electron chi connectivity index (χ2n) is 4.75. The molecule has 3 heteroatoms. The van der Waals surface area contributed by atoms with E-state index in [0.717, 1.165) is 30.4 Å². The van der Waals surface area contributed by atoms with Crippen LogP contribution in [0.5, 0.6) is 0 Å². The Kier molecular flexibility index (Phi) is 3.79. The maximum atomic E-state index is 11.6. The predicted octanol–water partition coefficient (Wildman–Crippen LogP) is 1.94. The van der Waals surface area contributed by atoms with Gasteiger partial charge in [0.2, 0.25) is 5.91 Å². The van der Waals surface area contributed by atoms with E-state index in [1.54, 1.807) is 0 Å². The van der Waals surface area contributed by atoms with E-state index in [1.807, 2.05) is 31.2 Å². The van der Waals surface area contributed by atoms with Gasteiger partial charge in [-0.2, -0.15) is 0 Å². The molecule has 1 fully saturated rings. The highest BCUT2D eigenvalue weighted by molar-refractivity contribution is 5.79. The summed E-state index contributed by atoms with van der Waals surface area (Å²) in [4.78, 5) is 11.6. The quantitative estimate of drug-likeness (QED) is 0.835. The van der Waals surface area contributed by atoms with Gasteiger partial charge in [-0.3, -0.25) is 4.79 Å². The van der Waals surface area contributed by atoms with E-state index >= 15 is 0 Å². The normalized spacial score (nSPS) is 17.3. The van der Waals surface area contributed by atoms with Crippen LogP contribution < -0.4 is 5.32 Å². The van der Waals surface area contributed by atoms with Crippen LogP contribution in [0.4, 0.5) is 0 Å². The molecule has 1 aliphatic rings. The molecular weight excluding hydrogens is 214 g/mol. The van der Waals surface area contributed by atoms with Crippen LogP contribution in [0.25, 0.3) is 0 Å². The summed E-state index contributed by atoms with van der Waals surface area (Å²) in [7, 11) is 0. The van der Waals surface area contributed by atoms with Gasteiger partial charge in [0.15, 0.2) is 0 Å². The zero-order chi connectivity index (χ0) is 12.3. The van der Waals surface area contributed by atoms with Crippen molar-refractivity contribution in [1.82, 2.24) is 5.32 Å². The van der Waals surface area contributed by atoms with Gasteiger partial charge in [-0.05, 0) is 30.9 Å². The molecule has 2 rings (SSSR count). The molecular formula is C14H19NO2. The summed E-state index contributed by atoms with van der Waals surface area (Å²) in [6.07, 6.45) is 2.53. The highest BCUT2D eigenvalue weighted by Gasteiger charge is 2.25. The molecule has 1 aromatic carbocycles. The molecule has 1 atom stereocenters. The van der Waals surface area contributed by atoms with Crippen LogP contribution in [0.1, 0.15) is 36.5 Å². The molecule has 0 bridgehead atoms. The largest absolute Gasteiger partial charge is 0.387 e. The standard InChI is InChI=1S/C14H19NO2/c1-10-5-2-3-8-12(10)13(16)9-15-14(17)11-6-4-7-11/h2-3,5,8,11,13,16H,4,6-7,9H2,1H3,(H,15,17). The number of hydrogen-bond acceptors (Lipinski definition) is 2. The first-order valence-corrected chi connectivity index (χ1v) is 6.20. The molecule has 0 radical (unpaired) electrons. The third-order valence-electron chi connectivity index (χ3n) is 3.49. The second-order valence-corrected chi connectivity index (χ2v) is 4.75. The molecule has 0 spiro atoms. The smallest absolute Gasteiger partial charge is 0.223 e. The molecule has 2 N–H and O–H groups in total. The molecule has 1 saturated carbocycles. The minimum Gasteiger partial charge on any atom is -0.387 e. The fraction of sp³-hybridized carbons (Fsp3) is 0.500. The Morgan fingerprint density at radius 3 is 2.76 bits per heavy atom. The zero-order valence-corrected chi connectivity index (χ0v) is 10.1. The Hall–Kier alpha value is -1.35. The number of aryl methyl sites for hydroxylation is 1. The van der Waals surface area contributed by atoms with Gasteiger partial charge in [-0.1, -0.05) is 30.7 Å². The topological polar surface area (TPSA) is 49.3 Å². The van der Waals surface area contributed by atoms with E-state index in [4.69, 9.17) is 0 Å². The predicted molar refractivity (Wildman–Crippen MR) is 66.5 cm³/mol. The van der Waals surface area contributed by atoms with Gasteiger partial charge >= 0.3 is 0 Å². The Bertz CT molecular complexity index is 399. The number of aliphatic hydroxyl groups excluding tert-OH is 1. The molecule has 0 aliphatic heterocycles. The summed E-state index contributed by atoms with van der Waals surface area (Å²) in [5, 5.41) is 12.8. The van der Waals surface area contributed by atoms with Crippen LogP contribution in [0, 0.1) is 12.8 Å². The second kappa shape index (κ2) is 5.32. The molecule has 92 valence electrons. The Labute approximate surface area is 102 Å². The Balaban J connectivity index is 1.86. The lowest BCUT2D eigenvalue weighted by Crippen LogP contribution is -2.36. The molecule has 0 saturated heterocycles. The van der Waals surface area contributed by atoms with E-state index in [1.165, 1.54) is 0 Å². The van der Waals surface area contributed by atoms with E-state index in [2.05, 4.69) is 5.32 Å². The highest BCUT2D eigenvalue weighted by Crippen LogP contribution is 2.26. The van der Waals surface area contributed by atoms with Crippen molar-refractivity contribution >= 4 is 5.91 Å². The fourth-order valence-electron chi connectivity index (χ4n) is 2.08. The number of carbonyl (C=O) groups is 1. The average molecular weight is 233 g/mol. The molecule has 1 unspecified atom stereocenters. The van der Waals surface area contributed by atoms with Gasteiger partial charge in [0, 0.05) is 12.5 Å². The molecule has 17 heavy (non-hydrogen) atoms. The van der Waals surface area contributed by atoms with Gasteiger partial charge in [-0.15, -0.1) is 0 Å².